The first-order valence-corrected chi connectivity index (χ1v) is 4.81. The molecule has 0 fully saturated rings. The largest absolute Gasteiger partial charge is 0.386 e. The molecule has 0 spiro atoms. The van der Waals surface area contributed by atoms with Crippen molar-refractivity contribution in [1.82, 2.24) is 0 Å². The van der Waals surface area contributed by atoms with Gasteiger partial charge < -0.3 is 4.74 Å². The molecule has 3 rings (SSSR count). The maximum Gasteiger partial charge on any atom is 0.342 e. The van der Waals surface area contributed by atoms with Gasteiger partial charge in [0.1, 0.15) is 0 Å². The number of hydrogen-bond acceptors (Lipinski definition) is 3. The fourth-order valence-corrected chi connectivity index (χ4v) is 2.09. The topological polar surface area (TPSA) is 43.4 Å². The van der Waals surface area contributed by atoms with E-state index in [-0.39, 0.29) is 0 Å². The van der Waals surface area contributed by atoms with Crippen LogP contribution in [0, 0.1) is 0 Å². The molecule has 0 radical (unpaired) electrons. The Morgan fingerprint density at radius 3 is 1.80 bits per heavy atom. The zero-order valence-corrected chi connectivity index (χ0v) is 7.95. The second-order valence-electron chi connectivity index (χ2n) is 3.76. The molecular formula is C12H8O3. The van der Waals surface area contributed by atoms with Crippen LogP contribution in [0.4, 0.5) is 0 Å². The average Bonchev–Trinajstić information content (AvgIpc) is 2.52. The minimum atomic E-state index is -0.468. The first-order valence-electron chi connectivity index (χ1n) is 4.81. The number of cyclic esters (lactones) is 2. The third-order valence-electron chi connectivity index (χ3n) is 2.90. The van der Waals surface area contributed by atoms with Gasteiger partial charge in [-0.2, -0.15) is 0 Å². The van der Waals surface area contributed by atoms with Crippen LogP contribution in [0.15, 0.2) is 35.4 Å². The summed E-state index contributed by atoms with van der Waals surface area (Å²) in [5.74, 6) is -0.936. The summed E-state index contributed by atoms with van der Waals surface area (Å²) in [5, 5.41) is 0. The number of carbonyl (C=O) groups is 2. The molecule has 0 aromatic heterocycles. The van der Waals surface area contributed by atoms with E-state index in [1.807, 2.05) is 24.3 Å². The summed E-state index contributed by atoms with van der Waals surface area (Å²) in [4.78, 5) is 22.7. The van der Waals surface area contributed by atoms with E-state index in [1.165, 1.54) is 0 Å². The summed E-state index contributed by atoms with van der Waals surface area (Å²) in [7, 11) is 0. The fraction of sp³-hybridized carbons (Fsp3) is 0.167. The lowest BCUT2D eigenvalue weighted by Gasteiger charge is -2.14. The van der Waals surface area contributed by atoms with Crippen LogP contribution in [-0.2, 0) is 27.2 Å². The smallest absolute Gasteiger partial charge is 0.342 e. The third kappa shape index (κ3) is 1.13. The number of rotatable bonds is 0. The van der Waals surface area contributed by atoms with Crippen LogP contribution in [0.2, 0.25) is 0 Å². The van der Waals surface area contributed by atoms with Crippen molar-refractivity contribution in [2.75, 3.05) is 0 Å². The van der Waals surface area contributed by atoms with E-state index in [1.54, 1.807) is 0 Å². The number of fused-ring (bicyclic) bond motifs is 1. The highest BCUT2D eigenvalue weighted by Gasteiger charge is 2.35. The van der Waals surface area contributed by atoms with Crippen LogP contribution in [0.1, 0.15) is 11.1 Å². The van der Waals surface area contributed by atoms with Crippen LogP contribution in [0.3, 0.4) is 0 Å². The van der Waals surface area contributed by atoms with Gasteiger partial charge in [-0.15, -0.1) is 0 Å². The van der Waals surface area contributed by atoms with Gasteiger partial charge in [0.05, 0.1) is 11.1 Å². The predicted molar refractivity (Wildman–Crippen MR) is 52.0 cm³/mol. The molecule has 0 atom stereocenters. The molecule has 1 aliphatic carbocycles. The van der Waals surface area contributed by atoms with Gasteiger partial charge in [0.2, 0.25) is 0 Å². The van der Waals surface area contributed by atoms with Gasteiger partial charge in [-0.3, -0.25) is 0 Å². The molecule has 0 unspecified atom stereocenters. The Kier molecular flexibility index (Phi) is 1.57. The number of hydrogen-bond donors (Lipinski definition) is 0. The maximum atomic E-state index is 11.3. The van der Waals surface area contributed by atoms with Crippen LogP contribution in [0.25, 0.3) is 0 Å². The molecule has 3 nitrogen and oxygen atoms in total. The lowest BCUT2D eigenvalue weighted by atomic mass is 9.87. The fourth-order valence-electron chi connectivity index (χ4n) is 2.09. The number of esters is 2. The van der Waals surface area contributed by atoms with Crippen molar-refractivity contribution in [2.24, 2.45) is 0 Å². The molecule has 1 aromatic rings. The second-order valence-corrected chi connectivity index (χ2v) is 3.76. The van der Waals surface area contributed by atoms with E-state index in [0.29, 0.717) is 24.0 Å². The standard InChI is InChI=1S/C12H8O3/c13-11-9-5-7-3-1-2-4-8(7)6-10(9)12(14)15-11/h1-4H,5-6H2. The van der Waals surface area contributed by atoms with E-state index < -0.39 is 11.9 Å². The lowest BCUT2D eigenvalue weighted by Crippen LogP contribution is -2.10. The van der Waals surface area contributed by atoms with Crippen LogP contribution < -0.4 is 0 Å². The molecule has 0 N–H and O–H groups in total. The van der Waals surface area contributed by atoms with Gasteiger partial charge in [0.15, 0.2) is 0 Å². The Hall–Kier alpha value is -1.90. The van der Waals surface area contributed by atoms with Crippen LogP contribution >= 0.6 is 0 Å². The summed E-state index contributed by atoms with van der Waals surface area (Å²) in [5.41, 5.74) is 3.31. The van der Waals surface area contributed by atoms with E-state index in [0.717, 1.165) is 11.1 Å². The van der Waals surface area contributed by atoms with E-state index in [9.17, 15) is 9.59 Å². The Labute approximate surface area is 86.4 Å². The highest BCUT2D eigenvalue weighted by atomic mass is 16.6. The van der Waals surface area contributed by atoms with Crippen molar-refractivity contribution in [3.8, 4) is 0 Å². The molecule has 15 heavy (non-hydrogen) atoms. The van der Waals surface area contributed by atoms with Crippen molar-refractivity contribution >= 4 is 11.9 Å². The van der Waals surface area contributed by atoms with Gasteiger partial charge in [-0.25, -0.2) is 9.59 Å². The Bertz CT molecular complexity index is 466. The van der Waals surface area contributed by atoms with Gasteiger partial charge in [0.25, 0.3) is 0 Å². The molecule has 1 aliphatic heterocycles. The third-order valence-corrected chi connectivity index (χ3v) is 2.90. The van der Waals surface area contributed by atoms with Gasteiger partial charge in [-0.05, 0) is 11.1 Å². The minimum Gasteiger partial charge on any atom is -0.386 e. The minimum absolute atomic E-state index is 0.468. The van der Waals surface area contributed by atoms with Crippen molar-refractivity contribution in [2.45, 2.75) is 12.8 Å². The summed E-state index contributed by atoms with van der Waals surface area (Å²) in [6, 6.07) is 7.84. The molecule has 2 aliphatic rings. The molecule has 0 saturated heterocycles. The average molecular weight is 200 g/mol. The molecule has 74 valence electrons. The highest BCUT2D eigenvalue weighted by Crippen LogP contribution is 2.31. The van der Waals surface area contributed by atoms with Gasteiger partial charge >= 0.3 is 11.9 Å². The van der Waals surface area contributed by atoms with Crippen molar-refractivity contribution in [1.29, 1.82) is 0 Å². The van der Waals surface area contributed by atoms with E-state index in [2.05, 4.69) is 4.74 Å². The zero-order chi connectivity index (χ0) is 10.4. The van der Waals surface area contributed by atoms with Crippen molar-refractivity contribution in [3.63, 3.8) is 0 Å². The van der Waals surface area contributed by atoms with E-state index >= 15 is 0 Å². The maximum absolute atomic E-state index is 11.3. The van der Waals surface area contributed by atoms with Crippen LogP contribution in [0.5, 0.6) is 0 Å². The molecule has 1 heterocycles. The summed E-state index contributed by atoms with van der Waals surface area (Å²) in [6.07, 6.45) is 1.05. The summed E-state index contributed by atoms with van der Waals surface area (Å²) in [6.45, 7) is 0. The molecule has 3 heteroatoms. The Morgan fingerprint density at radius 2 is 1.33 bits per heavy atom. The first kappa shape index (κ1) is 8.41. The number of benzene rings is 1. The number of ether oxygens (including phenoxy) is 1. The molecule has 0 bridgehead atoms. The second kappa shape index (κ2) is 2.79. The summed E-state index contributed by atoms with van der Waals surface area (Å²) >= 11 is 0. The zero-order valence-electron chi connectivity index (χ0n) is 7.95. The van der Waals surface area contributed by atoms with Gasteiger partial charge in [0, 0.05) is 12.8 Å². The highest BCUT2D eigenvalue weighted by molar-refractivity contribution is 6.13. The summed E-state index contributed by atoms with van der Waals surface area (Å²) < 4.78 is 4.59. The van der Waals surface area contributed by atoms with Gasteiger partial charge in [-0.1, -0.05) is 24.3 Å². The Morgan fingerprint density at radius 1 is 0.867 bits per heavy atom. The quantitative estimate of drug-likeness (QED) is 0.466. The SMILES string of the molecule is O=C1OC(=O)C2=C1Cc1ccccc1C2. The monoisotopic (exact) mass is 200 g/mol. The molecule has 1 aromatic carbocycles. The normalized spacial score (nSPS) is 18.7. The predicted octanol–water partition coefficient (Wildman–Crippen LogP) is 1.17. The van der Waals surface area contributed by atoms with Crippen molar-refractivity contribution in [3.05, 3.63) is 46.5 Å². The van der Waals surface area contributed by atoms with E-state index in [4.69, 9.17) is 0 Å². The molecule has 0 amide bonds. The lowest BCUT2D eigenvalue weighted by molar-refractivity contribution is -0.151. The molecule has 0 saturated carbocycles. The van der Waals surface area contributed by atoms with Crippen molar-refractivity contribution < 1.29 is 14.3 Å². The van der Waals surface area contributed by atoms with Crippen LogP contribution in [-0.4, -0.2) is 11.9 Å². The number of carbonyl (C=O) groups excluding carboxylic acids is 2. The first-order chi connectivity index (χ1) is 7.25. The molecular weight excluding hydrogens is 192 g/mol. The Balaban J connectivity index is 2.11.